The number of nitrogens with zero attached hydrogens (tertiary/aromatic N) is 2. The SMILES string of the molecule is CC(=O)c1ccc(Nc2ncc(Br)c(NCC3CC3)n2)cc1. The number of carbonyl (C=O) groups is 1. The molecule has 0 spiro atoms. The fourth-order valence-electron chi connectivity index (χ4n) is 2.03. The van der Waals surface area contributed by atoms with Crippen LogP contribution in [0.15, 0.2) is 34.9 Å². The van der Waals surface area contributed by atoms with Crippen molar-refractivity contribution < 1.29 is 4.79 Å². The predicted molar refractivity (Wildman–Crippen MR) is 90.7 cm³/mol. The highest BCUT2D eigenvalue weighted by Gasteiger charge is 2.21. The molecule has 5 nitrogen and oxygen atoms in total. The predicted octanol–water partition coefficient (Wildman–Crippen LogP) is 4.01. The highest BCUT2D eigenvalue weighted by molar-refractivity contribution is 9.10. The first-order valence-corrected chi connectivity index (χ1v) is 8.05. The van der Waals surface area contributed by atoms with Gasteiger partial charge in [-0.05, 0) is 65.9 Å². The highest BCUT2D eigenvalue weighted by Crippen LogP contribution is 2.30. The van der Waals surface area contributed by atoms with E-state index in [0.717, 1.165) is 28.4 Å². The highest BCUT2D eigenvalue weighted by atomic mass is 79.9. The molecule has 0 radical (unpaired) electrons. The summed E-state index contributed by atoms with van der Waals surface area (Å²) in [5.74, 6) is 2.15. The summed E-state index contributed by atoms with van der Waals surface area (Å²) < 4.78 is 0.852. The Morgan fingerprint density at radius 1 is 1.32 bits per heavy atom. The molecule has 1 aliphatic rings. The molecule has 1 aliphatic carbocycles. The van der Waals surface area contributed by atoms with Crippen molar-refractivity contribution in [3.8, 4) is 0 Å². The van der Waals surface area contributed by atoms with Gasteiger partial charge in [0.1, 0.15) is 5.82 Å². The molecule has 6 heteroatoms. The van der Waals surface area contributed by atoms with Crippen LogP contribution < -0.4 is 10.6 Å². The van der Waals surface area contributed by atoms with Gasteiger partial charge in [-0.25, -0.2) is 4.98 Å². The van der Waals surface area contributed by atoms with Gasteiger partial charge in [0.25, 0.3) is 0 Å². The average molecular weight is 361 g/mol. The van der Waals surface area contributed by atoms with Crippen LogP contribution >= 0.6 is 15.9 Å². The Hall–Kier alpha value is -1.95. The number of carbonyl (C=O) groups excluding carboxylic acids is 1. The van der Waals surface area contributed by atoms with E-state index >= 15 is 0 Å². The third kappa shape index (κ3) is 3.82. The van der Waals surface area contributed by atoms with Crippen molar-refractivity contribution in [2.75, 3.05) is 17.2 Å². The number of benzene rings is 1. The lowest BCUT2D eigenvalue weighted by atomic mass is 10.1. The molecule has 0 unspecified atom stereocenters. The molecule has 1 fully saturated rings. The van der Waals surface area contributed by atoms with Crippen molar-refractivity contribution >= 4 is 39.2 Å². The zero-order valence-electron chi connectivity index (χ0n) is 12.3. The minimum absolute atomic E-state index is 0.0537. The number of hydrogen-bond donors (Lipinski definition) is 2. The van der Waals surface area contributed by atoms with Crippen LogP contribution in [-0.4, -0.2) is 22.3 Å². The normalized spacial score (nSPS) is 13.7. The molecular weight excluding hydrogens is 344 g/mol. The van der Waals surface area contributed by atoms with Crippen molar-refractivity contribution in [2.24, 2.45) is 5.92 Å². The van der Waals surface area contributed by atoms with Crippen LogP contribution in [0.4, 0.5) is 17.5 Å². The summed E-state index contributed by atoms with van der Waals surface area (Å²) in [5.41, 5.74) is 1.54. The third-order valence-corrected chi connectivity index (χ3v) is 4.13. The van der Waals surface area contributed by atoms with E-state index in [0.29, 0.717) is 11.5 Å². The first-order chi connectivity index (χ1) is 10.6. The Labute approximate surface area is 137 Å². The van der Waals surface area contributed by atoms with Crippen molar-refractivity contribution in [1.29, 1.82) is 0 Å². The average Bonchev–Trinajstić information content (AvgIpc) is 3.32. The molecule has 3 rings (SSSR count). The molecule has 0 aliphatic heterocycles. The monoisotopic (exact) mass is 360 g/mol. The molecule has 1 saturated carbocycles. The second-order valence-electron chi connectivity index (χ2n) is 5.47. The zero-order valence-corrected chi connectivity index (χ0v) is 13.9. The van der Waals surface area contributed by atoms with E-state index in [9.17, 15) is 4.79 Å². The third-order valence-electron chi connectivity index (χ3n) is 3.55. The minimum Gasteiger partial charge on any atom is -0.369 e. The van der Waals surface area contributed by atoms with Crippen LogP contribution in [0.5, 0.6) is 0 Å². The molecule has 1 aromatic carbocycles. The maximum atomic E-state index is 11.3. The van der Waals surface area contributed by atoms with Crippen LogP contribution in [0.3, 0.4) is 0 Å². The molecule has 114 valence electrons. The van der Waals surface area contributed by atoms with E-state index in [4.69, 9.17) is 0 Å². The van der Waals surface area contributed by atoms with Crippen molar-refractivity contribution in [2.45, 2.75) is 19.8 Å². The van der Waals surface area contributed by atoms with Gasteiger partial charge in [0.05, 0.1) is 4.47 Å². The van der Waals surface area contributed by atoms with Crippen molar-refractivity contribution in [1.82, 2.24) is 9.97 Å². The summed E-state index contributed by atoms with van der Waals surface area (Å²) in [5, 5.41) is 6.49. The molecular formula is C16H17BrN4O. The lowest BCUT2D eigenvalue weighted by Gasteiger charge is -2.10. The van der Waals surface area contributed by atoms with E-state index in [1.165, 1.54) is 12.8 Å². The maximum Gasteiger partial charge on any atom is 0.229 e. The Balaban J connectivity index is 1.70. The number of anilines is 3. The van der Waals surface area contributed by atoms with E-state index in [1.807, 2.05) is 12.1 Å². The van der Waals surface area contributed by atoms with Gasteiger partial charge in [-0.1, -0.05) is 0 Å². The van der Waals surface area contributed by atoms with Gasteiger partial charge in [-0.2, -0.15) is 4.98 Å². The van der Waals surface area contributed by atoms with Gasteiger partial charge >= 0.3 is 0 Å². The molecule has 1 heterocycles. The molecule has 0 amide bonds. The zero-order chi connectivity index (χ0) is 15.5. The van der Waals surface area contributed by atoms with Gasteiger partial charge in [-0.15, -0.1) is 0 Å². The van der Waals surface area contributed by atoms with Crippen molar-refractivity contribution in [3.05, 3.63) is 40.5 Å². The van der Waals surface area contributed by atoms with Crippen LogP contribution in [0.25, 0.3) is 0 Å². The molecule has 2 N–H and O–H groups in total. The molecule has 2 aromatic rings. The van der Waals surface area contributed by atoms with E-state index < -0.39 is 0 Å². The van der Waals surface area contributed by atoms with E-state index in [-0.39, 0.29) is 5.78 Å². The van der Waals surface area contributed by atoms with E-state index in [2.05, 4.69) is 36.5 Å². The first-order valence-electron chi connectivity index (χ1n) is 7.26. The van der Waals surface area contributed by atoms with Crippen LogP contribution in [-0.2, 0) is 0 Å². The standard InChI is InChI=1S/C16H17BrN4O/c1-10(22)12-4-6-13(7-5-12)20-16-19-9-14(17)15(21-16)18-8-11-2-3-11/h4-7,9,11H,2-3,8H2,1H3,(H2,18,19,20,21). The summed E-state index contributed by atoms with van der Waals surface area (Å²) in [4.78, 5) is 20.0. The van der Waals surface area contributed by atoms with E-state index in [1.54, 1.807) is 25.3 Å². The molecule has 0 atom stereocenters. The molecule has 1 aromatic heterocycles. The summed E-state index contributed by atoms with van der Waals surface area (Å²) in [6, 6.07) is 7.27. The van der Waals surface area contributed by atoms with Crippen LogP contribution in [0.1, 0.15) is 30.1 Å². The lowest BCUT2D eigenvalue weighted by Crippen LogP contribution is -2.07. The Morgan fingerprint density at radius 2 is 2.05 bits per heavy atom. The number of Topliss-reactive ketones (excluding diaryl/α,β-unsaturated/α-hetero) is 1. The second kappa shape index (κ2) is 6.44. The smallest absolute Gasteiger partial charge is 0.229 e. The number of aromatic nitrogens is 2. The second-order valence-corrected chi connectivity index (χ2v) is 6.33. The van der Waals surface area contributed by atoms with Crippen LogP contribution in [0, 0.1) is 5.92 Å². The Kier molecular flexibility index (Phi) is 4.38. The topological polar surface area (TPSA) is 66.9 Å². The largest absolute Gasteiger partial charge is 0.369 e. The Morgan fingerprint density at radius 3 is 2.68 bits per heavy atom. The maximum absolute atomic E-state index is 11.3. The number of hydrogen-bond acceptors (Lipinski definition) is 5. The van der Waals surface area contributed by atoms with Crippen molar-refractivity contribution in [3.63, 3.8) is 0 Å². The van der Waals surface area contributed by atoms with Gasteiger partial charge < -0.3 is 10.6 Å². The number of rotatable bonds is 6. The number of halogens is 1. The molecule has 0 bridgehead atoms. The van der Waals surface area contributed by atoms with Gasteiger partial charge in [0.2, 0.25) is 5.95 Å². The van der Waals surface area contributed by atoms with Gasteiger partial charge in [-0.3, -0.25) is 4.79 Å². The minimum atomic E-state index is 0.0537. The fraction of sp³-hybridized carbons (Fsp3) is 0.312. The summed E-state index contributed by atoms with van der Waals surface area (Å²) >= 11 is 3.46. The molecule has 22 heavy (non-hydrogen) atoms. The first kappa shape index (κ1) is 15.0. The van der Waals surface area contributed by atoms with Crippen LogP contribution in [0.2, 0.25) is 0 Å². The quantitative estimate of drug-likeness (QED) is 0.761. The lowest BCUT2D eigenvalue weighted by molar-refractivity contribution is 0.101. The van der Waals surface area contributed by atoms with Gasteiger partial charge in [0, 0.05) is 24.0 Å². The molecule has 0 saturated heterocycles. The Bertz CT molecular complexity index is 683. The number of ketones is 1. The summed E-state index contributed by atoms with van der Waals surface area (Å²) in [6.45, 7) is 2.50. The van der Waals surface area contributed by atoms with Gasteiger partial charge in [0.15, 0.2) is 5.78 Å². The fourth-order valence-corrected chi connectivity index (χ4v) is 2.36. The summed E-state index contributed by atoms with van der Waals surface area (Å²) in [7, 11) is 0. The number of nitrogens with one attached hydrogen (secondary N) is 2. The summed E-state index contributed by atoms with van der Waals surface area (Å²) in [6.07, 6.45) is 4.32.